The van der Waals surface area contributed by atoms with Crippen molar-refractivity contribution >= 4 is 29.8 Å². The average Bonchev–Trinajstić information content (AvgIpc) is 3.17. The first kappa shape index (κ1) is 49.7. The Balaban J connectivity index is 2.53. The van der Waals surface area contributed by atoms with Crippen molar-refractivity contribution in [1.82, 2.24) is 0 Å². The Hall–Kier alpha value is -3.35. The molecule has 0 aromatic rings. The molecule has 55 heavy (non-hydrogen) atoms. The lowest BCUT2D eigenvalue weighted by Gasteiger charge is -2.32. The van der Waals surface area contributed by atoms with E-state index in [0.717, 1.165) is 38.5 Å². The van der Waals surface area contributed by atoms with Crippen molar-refractivity contribution in [2.75, 3.05) is 39.6 Å². The molecule has 1 N–H and O–H groups in total. The third-order valence-electron chi connectivity index (χ3n) is 9.39. The Morgan fingerprint density at radius 1 is 0.582 bits per heavy atom. The number of allylic oxidation sites excluding steroid dienone is 2. The zero-order chi connectivity index (χ0) is 40.6. The smallest absolute Gasteiger partial charge is 0.308 e. The normalized spacial score (nSPS) is 14.6. The van der Waals surface area contributed by atoms with Gasteiger partial charge in [0.25, 0.3) is 0 Å². The summed E-state index contributed by atoms with van der Waals surface area (Å²) in [7, 11) is 0. The molecule has 1 saturated carbocycles. The number of hydrogen-bond acceptors (Lipinski definition) is 11. The van der Waals surface area contributed by atoms with Crippen LogP contribution in [0.1, 0.15) is 155 Å². The largest absolute Gasteiger partial charge is 0.465 e. The van der Waals surface area contributed by atoms with Gasteiger partial charge in [-0.25, -0.2) is 8.78 Å². The van der Waals surface area contributed by atoms with Gasteiger partial charge in [0.2, 0.25) is 5.92 Å². The Bertz CT molecular complexity index is 1080. The molecular formula is C42H68F2O11. The molecule has 0 atom stereocenters. The van der Waals surface area contributed by atoms with E-state index >= 15 is 0 Å². The molecule has 0 aromatic heterocycles. The maximum atomic E-state index is 13.6. The minimum atomic E-state index is -2.83. The molecule has 1 aliphatic carbocycles. The van der Waals surface area contributed by atoms with Gasteiger partial charge in [-0.1, -0.05) is 63.8 Å². The number of aliphatic hydroxyl groups is 1. The van der Waals surface area contributed by atoms with Gasteiger partial charge < -0.3 is 28.8 Å². The number of alkyl halides is 2. The van der Waals surface area contributed by atoms with Crippen LogP contribution in [0.4, 0.5) is 8.78 Å². The molecule has 0 unspecified atom stereocenters. The molecule has 0 aliphatic heterocycles. The lowest BCUT2D eigenvalue weighted by molar-refractivity contribution is -0.169. The molecular weight excluding hydrogens is 718 g/mol. The van der Waals surface area contributed by atoms with Crippen molar-refractivity contribution in [3.63, 3.8) is 0 Å². The van der Waals surface area contributed by atoms with Crippen LogP contribution < -0.4 is 0 Å². The van der Waals surface area contributed by atoms with Crippen molar-refractivity contribution in [2.45, 2.75) is 161 Å². The molecule has 0 heterocycles. The summed E-state index contributed by atoms with van der Waals surface area (Å²) in [5, 5.41) is 10.4. The van der Waals surface area contributed by atoms with Crippen LogP contribution in [0.3, 0.4) is 0 Å². The summed E-state index contributed by atoms with van der Waals surface area (Å²) >= 11 is 0. The summed E-state index contributed by atoms with van der Waals surface area (Å²) in [6, 6.07) is 0. The molecule has 11 nitrogen and oxygen atoms in total. The fourth-order valence-electron chi connectivity index (χ4n) is 5.69. The standard InChI is InChI=1S/C42H68F2O11/c1-3-5-7-9-11-13-19-29-51-36(46)21-15-17-23-38(48)53-32-41(31-45,34-55-40(50)35-25-27-42(43,44)28-26-35)33-54-39(49)24-18-16-22-37(47)52-30-20-14-12-10-8-6-4-2/h11-14,35,45H,3-10,15-34H2,1-2H3/b13-11-,14-12-. The SMILES string of the molecule is CCCCC/C=C\CCOC(=O)CCCCC(=O)OCC(CO)(COC(=O)CCCCC(=O)OCC/C=C\CCCCC)COC(=O)C1CCC(F)(F)CC1. The Morgan fingerprint density at radius 3 is 1.36 bits per heavy atom. The first-order chi connectivity index (χ1) is 26.5. The van der Waals surface area contributed by atoms with Crippen LogP contribution in [0.5, 0.6) is 0 Å². The van der Waals surface area contributed by atoms with E-state index in [1.165, 1.54) is 12.8 Å². The van der Waals surface area contributed by atoms with E-state index in [9.17, 15) is 37.9 Å². The van der Waals surface area contributed by atoms with E-state index in [1.54, 1.807) is 0 Å². The summed E-state index contributed by atoms with van der Waals surface area (Å²) in [6.07, 6.45) is 19.3. The highest BCUT2D eigenvalue weighted by atomic mass is 19.3. The van der Waals surface area contributed by atoms with E-state index < -0.39 is 74.4 Å². The monoisotopic (exact) mass is 786 g/mol. The predicted octanol–water partition coefficient (Wildman–Crippen LogP) is 8.68. The zero-order valence-corrected chi connectivity index (χ0v) is 33.5. The van der Waals surface area contributed by atoms with Gasteiger partial charge in [0.1, 0.15) is 19.8 Å². The van der Waals surface area contributed by atoms with E-state index in [1.807, 2.05) is 12.2 Å². The molecule has 1 aliphatic rings. The zero-order valence-electron chi connectivity index (χ0n) is 33.5. The first-order valence-electron chi connectivity index (χ1n) is 20.5. The van der Waals surface area contributed by atoms with Gasteiger partial charge in [-0.3, -0.25) is 24.0 Å². The van der Waals surface area contributed by atoms with Crippen molar-refractivity contribution in [3.8, 4) is 0 Å². The van der Waals surface area contributed by atoms with Gasteiger partial charge in [-0.2, -0.15) is 0 Å². The van der Waals surface area contributed by atoms with Crippen LogP contribution in [-0.2, 0) is 47.7 Å². The van der Waals surface area contributed by atoms with Gasteiger partial charge in [-0.05, 0) is 77.0 Å². The molecule has 0 radical (unpaired) electrons. The lowest BCUT2D eigenvalue weighted by atomic mass is 9.86. The average molecular weight is 787 g/mol. The number of hydrogen-bond donors (Lipinski definition) is 1. The van der Waals surface area contributed by atoms with Crippen molar-refractivity contribution in [3.05, 3.63) is 24.3 Å². The van der Waals surface area contributed by atoms with Crippen LogP contribution in [0.25, 0.3) is 0 Å². The molecule has 1 fully saturated rings. The van der Waals surface area contributed by atoms with Crippen molar-refractivity contribution in [2.24, 2.45) is 11.3 Å². The van der Waals surface area contributed by atoms with Crippen LogP contribution in [0.15, 0.2) is 24.3 Å². The number of carbonyl (C=O) groups excluding carboxylic acids is 5. The molecule has 0 amide bonds. The molecule has 0 aromatic carbocycles. The van der Waals surface area contributed by atoms with Gasteiger partial charge in [0.15, 0.2) is 0 Å². The van der Waals surface area contributed by atoms with Gasteiger partial charge >= 0.3 is 29.8 Å². The number of carbonyl (C=O) groups is 5. The fourth-order valence-corrected chi connectivity index (χ4v) is 5.69. The highest BCUT2D eigenvalue weighted by Gasteiger charge is 2.40. The van der Waals surface area contributed by atoms with E-state index in [0.29, 0.717) is 51.7 Å². The number of ether oxygens (including phenoxy) is 5. The highest BCUT2D eigenvalue weighted by Crippen LogP contribution is 2.37. The Labute approximate surface area is 327 Å². The Morgan fingerprint density at radius 2 is 0.964 bits per heavy atom. The van der Waals surface area contributed by atoms with Gasteiger partial charge in [-0.15, -0.1) is 0 Å². The lowest BCUT2D eigenvalue weighted by Crippen LogP contribution is -2.43. The second kappa shape index (κ2) is 30.8. The summed E-state index contributed by atoms with van der Waals surface area (Å²) in [6.45, 7) is 2.85. The van der Waals surface area contributed by atoms with Crippen molar-refractivity contribution < 1.29 is 61.5 Å². The van der Waals surface area contributed by atoms with Gasteiger partial charge in [0, 0.05) is 38.5 Å². The number of unbranched alkanes of at least 4 members (excludes halogenated alkanes) is 8. The molecule has 0 spiro atoms. The number of esters is 5. The summed E-state index contributed by atoms with van der Waals surface area (Å²) in [5.74, 6) is -6.23. The molecule has 316 valence electrons. The highest BCUT2D eigenvalue weighted by molar-refractivity contribution is 5.73. The third-order valence-corrected chi connectivity index (χ3v) is 9.39. The summed E-state index contributed by atoms with van der Waals surface area (Å²) < 4.78 is 53.9. The van der Waals surface area contributed by atoms with Crippen molar-refractivity contribution in [1.29, 1.82) is 0 Å². The molecule has 0 saturated heterocycles. The summed E-state index contributed by atoms with van der Waals surface area (Å²) in [5.41, 5.74) is -1.50. The first-order valence-corrected chi connectivity index (χ1v) is 20.5. The third kappa shape index (κ3) is 26.2. The van der Waals surface area contributed by atoms with E-state index in [-0.39, 0.29) is 50.5 Å². The van der Waals surface area contributed by atoms with E-state index in [4.69, 9.17) is 23.7 Å². The molecule has 1 rings (SSSR count). The number of rotatable bonds is 32. The van der Waals surface area contributed by atoms with Crippen LogP contribution in [0, 0.1) is 11.3 Å². The second-order valence-electron chi connectivity index (χ2n) is 14.6. The minimum absolute atomic E-state index is 0.0245. The topological polar surface area (TPSA) is 152 Å². The van der Waals surface area contributed by atoms with Crippen LogP contribution in [-0.4, -0.2) is 80.5 Å². The maximum absolute atomic E-state index is 13.6. The maximum Gasteiger partial charge on any atom is 0.308 e. The second-order valence-corrected chi connectivity index (χ2v) is 14.6. The van der Waals surface area contributed by atoms with E-state index in [2.05, 4.69) is 26.0 Å². The number of aliphatic hydroxyl groups excluding tert-OH is 1. The number of halogens is 2. The predicted molar refractivity (Wildman–Crippen MR) is 204 cm³/mol. The summed E-state index contributed by atoms with van der Waals surface area (Å²) in [4.78, 5) is 62.0. The van der Waals surface area contributed by atoms with Crippen LogP contribution >= 0.6 is 0 Å². The quantitative estimate of drug-likeness (QED) is 0.0302. The van der Waals surface area contributed by atoms with Gasteiger partial charge in [0.05, 0.1) is 31.2 Å². The van der Waals surface area contributed by atoms with Crippen LogP contribution in [0.2, 0.25) is 0 Å². The fraction of sp³-hybridized carbons (Fsp3) is 0.786. The minimum Gasteiger partial charge on any atom is -0.465 e. The molecule has 13 heteroatoms. The molecule has 0 bridgehead atoms. The Kier molecular flexibility index (Phi) is 27.8.